The smallest absolute Gasteiger partial charge is 0.0738 e. The molecular weight excluding hydrogens is 228 g/mol. The summed E-state index contributed by atoms with van der Waals surface area (Å²) in [4.78, 5) is 0.616. The number of hydrogen-bond donors (Lipinski definition) is 0. The highest BCUT2D eigenvalue weighted by Crippen LogP contribution is 2.50. The summed E-state index contributed by atoms with van der Waals surface area (Å²) >= 11 is 3.79. The van der Waals surface area contributed by atoms with Gasteiger partial charge in [-0.15, -0.1) is 0 Å². The van der Waals surface area contributed by atoms with Crippen molar-refractivity contribution >= 4 is 15.9 Å². The van der Waals surface area contributed by atoms with E-state index in [0.717, 1.165) is 11.8 Å². The van der Waals surface area contributed by atoms with E-state index in [1.807, 2.05) is 0 Å². The van der Waals surface area contributed by atoms with Crippen molar-refractivity contribution in [1.29, 1.82) is 0 Å². The quantitative estimate of drug-likeness (QED) is 0.645. The lowest BCUT2D eigenvalue weighted by Gasteiger charge is -2.33. The molecule has 1 nitrogen and oxygen atoms in total. The van der Waals surface area contributed by atoms with Crippen LogP contribution in [-0.2, 0) is 4.74 Å². The summed E-state index contributed by atoms with van der Waals surface area (Å²) in [6, 6.07) is 0. The van der Waals surface area contributed by atoms with Gasteiger partial charge in [0.15, 0.2) is 0 Å². The molecule has 13 heavy (non-hydrogen) atoms. The van der Waals surface area contributed by atoms with E-state index in [9.17, 15) is 0 Å². The van der Waals surface area contributed by atoms with Crippen LogP contribution in [0.25, 0.3) is 0 Å². The Hall–Kier alpha value is 0.440. The molecule has 2 heteroatoms. The van der Waals surface area contributed by atoms with E-state index in [-0.39, 0.29) is 5.60 Å². The first-order chi connectivity index (χ1) is 5.97. The third-order valence-electron chi connectivity index (χ3n) is 3.23. The Kier molecular flexibility index (Phi) is 2.48. The van der Waals surface area contributed by atoms with Gasteiger partial charge in [-0.25, -0.2) is 0 Å². The molecule has 2 aliphatic carbocycles. The highest BCUT2D eigenvalue weighted by molar-refractivity contribution is 9.09. The molecule has 76 valence electrons. The van der Waals surface area contributed by atoms with Crippen molar-refractivity contribution in [3.05, 3.63) is 0 Å². The van der Waals surface area contributed by atoms with Gasteiger partial charge in [-0.3, -0.25) is 0 Å². The maximum absolute atomic E-state index is 6.10. The van der Waals surface area contributed by atoms with Crippen molar-refractivity contribution in [3.8, 4) is 0 Å². The minimum atomic E-state index is 0.0150. The highest BCUT2D eigenvalue weighted by atomic mass is 79.9. The van der Waals surface area contributed by atoms with Gasteiger partial charge >= 0.3 is 0 Å². The molecule has 2 fully saturated rings. The minimum absolute atomic E-state index is 0.0150. The van der Waals surface area contributed by atoms with Crippen molar-refractivity contribution in [2.24, 2.45) is 11.8 Å². The summed E-state index contributed by atoms with van der Waals surface area (Å²) in [5.41, 5.74) is 0.0150. The summed E-state index contributed by atoms with van der Waals surface area (Å²) in [7, 11) is 0. The van der Waals surface area contributed by atoms with Crippen LogP contribution in [0, 0.1) is 11.8 Å². The van der Waals surface area contributed by atoms with Crippen LogP contribution in [0.3, 0.4) is 0 Å². The minimum Gasteiger partial charge on any atom is -0.371 e. The van der Waals surface area contributed by atoms with Crippen LogP contribution < -0.4 is 0 Å². The Bertz CT molecular complexity index is 195. The molecule has 0 amide bonds. The fourth-order valence-corrected chi connectivity index (χ4v) is 3.76. The molecule has 0 spiro atoms. The predicted molar refractivity (Wildman–Crippen MR) is 58.2 cm³/mol. The molecule has 0 aromatic heterocycles. The molecule has 0 radical (unpaired) electrons. The van der Waals surface area contributed by atoms with Gasteiger partial charge in [-0.1, -0.05) is 15.9 Å². The fraction of sp³-hybridized carbons (Fsp3) is 1.00. The number of fused-ring (bicyclic) bond motifs is 2. The van der Waals surface area contributed by atoms with Crippen molar-refractivity contribution in [1.82, 2.24) is 0 Å². The second kappa shape index (κ2) is 3.23. The van der Waals surface area contributed by atoms with Crippen molar-refractivity contribution in [3.63, 3.8) is 0 Å². The Labute approximate surface area is 89.4 Å². The van der Waals surface area contributed by atoms with Crippen molar-refractivity contribution in [2.75, 3.05) is 0 Å². The lowest BCUT2D eigenvalue weighted by atomic mass is 9.97. The van der Waals surface area contributed by atoms with Gasteiger partial charge in [0.1, 0.15) is 0 Å². The van der Waals surface area contributed by atoms with E-state index < -0.39 is 0 Å². The molecule has 0 saturated heterocycles. The van der Waals surface area contributed by atoms with E-state index in [4.69, 9.17) is 4.74 Å². The largest absolute Gasteiger partial charge is 0.371 e. The molecule has 0 heterocycles. The summed E-state index contributed by atoms with van der Waals surface area (Å²) in [6.45, 7) is 6.45. The number of hydrogen-bond acceptors (Lipinski definition) is 1. The van der Waals surface area contributed by atoms with Gasteiger partial charge in [0.2, 0.25) is 0 Å². The Morgan fingerprint density at radius 3 is 2.23 bits per heavy atom. The van der Waals surface area contributed by atoms with Crippen LogP contribution in [0.2, 0.25) is 0 Å². The summed E-state index contributed by atoms with van der Waals surface area (Å²) in [6.07, 6.45) is 4.65. The first-order valence-electron chi connectivity index (χ1n) is 5.29. The average Bonchev–Trinajstić information content (AvgIpc) is 2.51. The lowest BCUT2D eigenvalue weighted by molar-refractivity contribution is -0.0779. The number of halogens is 1. The van der Waals surface area contributed by atoms with Gasteiger partial charge < -0.3 is 4.74 Å². The Balaban J connectivity index is 2.00. The number of rotatable bonds is 1. The van der Waals surface area contributed by atoms with Crippen molar-refractivity contribution in [2.45, 2.75) is 56.6 Å². The zero-order valence-electron chi connectivity index (χ0n) is 8.72. The molecule has 2 rings (SSSR count). The molecule has 0 aromatic carbocycles. The van der Waals surface area contributed by atoms with Gasteiger partial charge in [0, 0.05) is 4.83 Å². The zero-order chi connectivity index (χ0) is 9.64. The van der Waals surface area contributed by atoms with E-state index in [1.54, 1.807) is 0 Å². The van der Waals surface area contributed by atoms with E-state index in [1.165, 1.54) is 19.3 Å². The molecule has 2 saturated carbocycles. The Morgan fingerprint density at radius 2 is 1.77 bits per heavy atom. The van der Waals surface area contributed by atoms with Crippen LogP contribution in [0.4, 0.5) is 0 Å². The van der Waals surface area contributed by atoms with Crippen LogP contribution in [0.1, 0.15) is 40.0 Å². The molecule has 0 aliphatic heterocycles. The molecule has 4 atom stereocenters. The topological polar surface area (TPSA) is 9.23 Å². The monoisotopic (exact) mass is 246 g/mol. The summed E-state index contributed by atoms with van der Waals surface area (Å²) in [5, 5.41) is 0. The SMILES string of the molecule is CC(C)(C)O[C@@H]1[C@H]2CC[C@H](C2)[C@H]1Br. The van der Waals surface area contributed by atoms with Gasteiger partial charge in [-0.2, -0.15) is 0 Å². The number of ether oxygens (including phenoxy) is 1. The van der Waals surface area contributed by atoms with Crippen molar-refractivity contribution < 1.29 is 4.74 Å². The molecule has 2 aliphatic rings. The van der Waals surface area contributed by atoms with E-state index in [0.29, 0.717) is 10.9 Å². The van der Waals surface area contributed by atoms with Gasteiger partial charge in [0.05, 0.1) is 11.7 Å². The fourth-order valence-electron chi connectivity index (χ4n) is 2.74. The average molecular weight is 247 g/mol. The van der Waals surface area contributed by atoms with Crippen LogP contribution in [0.5, 0.6) is 0 Å². The summed E-state index contributed by atoms with van der Waals surface area (Å²) in [5.74, 6) is 1.71. The van der Waals surface area contributed by atoms with E-state index >= 15 is 0 Å². The second-order valence-electron chi connectivity index (χ2n) is 5.47. The molecule has 0 unspecified atom stereocenters. The normalized spacial score (nSPS) is 44.3. The van der Waals surface area contributed by atoms with Gasteiger partial charge in [-0.05, 0) is 51.9 Å². The molecular formula is C11H19BrO. The third kappa shape index (κ3) is 1.94. The predicted octanol–water partition coefficient (Wildman–Crippen LogP) is 3.36. The van der Waals surface area contributed by atoms with E-state index in [2.05, 4.69) is 36.7 Å². The molecule has 0 N–H and O–H groups in total. The lowest BCUT2D eigenvalue weighted by Crippen LogP contribution is -2.37. The van der Waals surface area contributed by atoms with Gasteiger partial charge in [0.25, 0.3) is 0 Å². The Morgan fingerprint density at radius 1 is 1.15 bits per heavy atom. The molecule has 0 aromatic rings. The van der Waals surface area contributed by atoms with Crippen LogP contribution >= 0.6 is 15.9 Å². The number of alkyl halides is 1. The molecule has 2 bridgehead atoms. The van der Waals surface area contributed by atoms with Crippen LogP contribution in [-0.4, -0.2) is 16.5 Å². The maximum atomic E-state index is 6.10. The van der Waals surface area contributed by atoms with Crippen LogP contribution in [0.15, 0.2) is 0 Å². The standard InChI is InChI=1S/C11H19BrO/c1-11(2,3)13-10-8-5-4-7(6-8)9(10)12/h7-10H,4-6H2,1-3H3/t7-,8+,9-,10-/m1/s1. The zero-order valence-corrected chi connectivity index (χ0v) is 10.3. The maximum Gasteiger partial charge on any atom is 0.0738 e. The summed E-state index contributed by atoms with van der Waals surface area (Å²) < 4.78 is 6.10. The first kappa shape index (κ1) is 9.97. The third-order valence-corrected chi connectivity index (χ3v) is 4.50. The first-order valence-corrected chi connectivity index (χ1v) is 6.21. The highest BCUT2D eigenvalue weighted by Gasteiger charge is 2.48. The second-order valence-corrected chi connectivity index (χ2v) is 6.53.